The maximum Gasteiger partial charge on any atom is 0.238 e. The molecule has 0 saturated carbocycles. The number of benzene rings is 5. The van der Waals surface area contributed by atoms with Gasteiger partial charge in [-0.1, -0.05) is 91.0 Å². The van der Waals surface area contributed by atoms with Gasteiger partial charge in [0.05, 0.1) is 17.6 Å². The first-order valence-corrected chi connectivity index (χ1v) is 13.7. The van der Waals surface area contributed by atoms with Crippen molar-refractivity contribution in [3.63, 3.8) is 0 Å². The fraction of sp³-hybridized carbons (Fsp3) is 0. The summed E-state index contributed by atoms with van der Waals surface area (Å²) in [5.41, 5.74) is 4.42. The molecule has 0 aliphatic heterocycles. The van der Waals surface area contributed by atoms with Crippen LogP contribution in [0.1, 0.15) is 0 Å². The molecule has 0 atom stereocenters. The van der Waals surface area contributed by atoms with Crippen molar-refractivity contribution >= 4 is 59.0 Å². The molecular formula is C34H19N5S. The molecule has 3 heterocycles. The molecule has 0 N–H and O–H groups in total. The predicted molar refractivity (Wildman–Crippen MR) is 164 cm³/mol. The average Bonchev–Trinajstić information content (AvgIpc) is 3.55. The van der Waals surface area contributed by atoms with Crippen LogP contribution >= 0.6 is 11.3 Å². The monoisotopic (exact) mass is 529 g/mol. The van der Waals surface area contributed by atoms with Gasteiger partial charge in [-0.3, -0.25) is 4.57 Å². The van der Waals surface area contributed by atoms with Crippen molar-refractivity contribution in [2.24, 2.45) is 0 Å². The summed E-state index contributed by atoms with van der Waals surface area (Å²) in [5, 5.41) is 4.80. The fourth-order valence-electron chi connectivity index (χ4n) is 5.40. The predicted octanol–water partition coefficient (Wildman–Crippen LogP) is 9.22. The summed E-state index contributed by atoms with van der Waals surface area (Å²) in [4.78, 5) is 18.5. The Balaban J connectivity index is 1.46. The van der Waals surface area contributed by atoms with Crippen LogP contribution < -0.4 is 0 Å². The van der Waals surface area contributed by atoms with Crippen LogP contribution in [0.2, 0.25) is 0 Å². The summed E-state index contributed by atoms with van der Waals surface area (Å²) in [7, 11) is 0. The number of para-hydroxylation sites is 1. The molecule has 0 bridgehead atoms. The van der Waals surface area contributed by atoms with Crippen molar-refractivity contribution in [3.8, 4) is 28.7 Å². The van der Waals surface area contributed by atoms with Gasteiger partial charge in [0.15, 0.2) is 17.3 Å². The highest BCUT2D eigenvalue weighted by Crippen LogP contribution is 2.40. The van der Waals surface area contributed by atoms with E-state index in [1.807, 2.05) is 53.8 Å². The second-order valence-corrected chi connectivity index (χ2v) is 10.7. The highest BCUT2D eigenvalue weighted by atomic mass is 32.1. The van der Waals surface area contributed by atoms with E-state index in [4.69, 9.17) is 21.5 Å². The molecule has 8 aromatic rings. The van der Waals surface area contributed by atoms with Gasteiger partial charge in [0.1, 0.15) is 0 Å². The minimum Gasteiger partial charge on any atom is -0.278 e. The summed E-state index contributed by atoms with van der Waals surface area (Å²) in [5.74, 6) is 1.72. The van der Waals surface area contributed by atoms with E-state index in [0.29, 0.717) is 23.3 Å². The lowest BCUT2D eigenvalue weighted by Gasteiger charge is -2.11. The molecule has 186 valence electrons. The van der Waals surface area contributed by atoms with Crippen molar-refractivity contribution in [1.82, 2.24) is 19.5 Å². The molecule has 0 fully saturated rings. The van der Waals surface area contributed by atoms with Gasteiger partial charge in [-0.25, -0.2) is 9.83 Å². The lowest BCUT2D eigenvalue weighted by molar-refractivity contribution is 0.954. The van der Waals surface area contributed by atoms with E-state index in [9.17, 15) is 0 Å². The minimum absolute atomic E-state index is 0.559. The average molecular weight is 530 g/mol. The zero-order valence-electron chi connectivity index (χ0n) is 21.1. The van der Waals surface area contributed by atoms with Gasteiger partial charge in [0.2, 0.25) is 5.95 Å². The smallest absolute Gasteiger partial charge is 0.238 e. The Morgan fingerprint density at radius 2 is 1.23 bits per heavy atom. The third-order valence-corrected chi connectivity index (χ3v) is 8.41. The third-order valence-electron chi connectivity index (χ3n) is 7.28. The quantitative estimate of drug-likeness (QED) is 0.214. The number of rotatable bonds is 3. The van der Waals surface area contributed by atoms with E-state index in [1.54, 1.807) is 12.1 Å². The molecule has 0 spiro atoms. The van der Waals surface area contributed by atoms with Gasteiger partial charge in [0, 0.05) is 42.1 Å². The molecule has 0 aliphatic rings. The van der Waals surface area contributed by atoms with Crippen LogP contribution in [0.15, 0.2) is 115 Å². The Morgan fingerprint density at radius 1 is 0.550 bits per heavy atom. The van der Waals surface area contributed by atoms with Gasteiger partial charge >= 0.3 is 0 Å². The van der Waals surface area contributed by atoms with Crippen LogP contribution in [-0.4, -0.2) is 19.5 Å². The molecule has 0 radical (unpaired) electrons. The normalized spacial score (nSPS) is 11.5. The highest BCUT2D eigenvalue weighted by Gasteiger charge is 2.19. The first-order chi connectivity index (χ1) is 19.8. The molecule has 8 rings (SSSR count). The summed E-state index contributed by atoms with van der Waals surface area (Å²) in [6.07, 6.45) is 0. The van der Waals surface area contributed by atoms with Crippen molar-refractivity contribution in [2.45, 2.75) is 0 Å². The van der Waals surface area contributed by atoms with Crippen LogP contribution in [0.5, 0.6) is 0 Å². The van der Waals surface area contributed by atoms with E-state index in [1.165, 1.54) is 25.6 Å². The Labute approximate surface area is 233 Å². The number of thiophene rings is 1. The minimum atomic E-state index is 0.559. The molecule has 0 saturated heterocycles. The van der Waals surface area contributed by atoms with Crippen LogP contribution in [0.3, 0.4) is 0 Å². The molecule has 6 heteroatoms. The summed E-state index contributed by atoms with van der Waals surface area (Å²) in [6, 6.07) is 38.9. The fourth-order valence-corrected chi connectivity index (χ4v) is 6.52. The van der Waals surface area contributed by atoms with E-state index < -0.39 is 0 Å². The summed E-state index contributed by atoms with van der Waals surface area (Å²) < 4.78 is 4.69. The number of nitrogens with zero attached hydrogens (tertiary/aromatic N) is 5. The Morgan fingerprint density at radius 3 is 2.00 bits per heavy atom. The largest absolute Gasteiger partial charge is 0.278 e. The Bertz CT molecular complexity index is 2270. The molecule has 5 nitrogen and oxygen atoms in total. The topological polar surface area (TPSA) is 48.0 Å². The maximum atomic E-state index is 7.32. The molecule has 40 heavy (non-hydrogen) atoms. The number of hydrogen-bond acceptors (Lipinski definition) is 4. The van der Waals surface area contributed by atoms with Gasteiger partial charge in [-0.05, 0) is 24.3 Å². The third kappa shape index (κ3) is 3.49. The maximum absolute atomic E-state index is 7.32. The number of aromatic nitrogens is 4. The summed E-state index contributed by atoms with van der Waals surface area (Å²) in [6.45, 7) is 7.32. The van der Waals surface area contributed by atoms with E-state index in [2.05, 4.69) is 70.1 Å². The van der Waals surface area contributed by atoms with E-state index >= 15 is 0 Å². The number of fused-ring (bicyclic) bond motifs is 6. The van der Waals surface area contributed by atoms with Gasteiger partial charge in [-0.2, -0.15) is 9.97 Å². The second kappa shape index (κ2) is 8.84. The van der Waals surface area contributed by atoms with Crippen molar-refractivity contribution in [2.75, 3.05) is 0 Å². The van der Waals surface area contributed by atoms with Gasteiger partial charge < -0.3 is 0 Å². The molecule has 0 unspecified atom stereocenters. The first kappa shape index (κ1) is 22.6. The summed E-state index contributed by atoms with van der Waals surface area (Å²) >= 11 is 1.82. The van der Waals surface area contributed by atoms with E-state index in [-0.39, 0.29) is 0 Å². The second-order valence-electron chi connectivity index (χ2n) is 9.62. The zero-order valence-corrected chi connectivity index (χ0v) is 21.9. The van der Waals surface area contributed by atoms with Crippen LogP contribution in [0.25, 0.3) is 75.5 Å². The SMILES string of the molecule is [C-]#[N+]c1ccc(-c2nc(-c3ccccc3)nc(-n3c4ccccc4c4cc5sc6ccccc6c5cc43)n2)cc1. The standard InChI is InChI=1S/C34H19N5S/c1-35-23-17-15-22(16-18-23)33-36-32(21-9-3-2-4-10-21)37-34(38-33)39-28-13-7-5-11-24(28)26-20-31-27(19-29(26)39)25-12-6-8-14-30(25)40-31/h2-20H. The number of hydrogen-bond donors (Lipinski definition) is 0. The first-order valence-electron chi connectivity index (χ1n) is 12.9. The lowest BCUT2D eigenvalue weighted by atomic mass is 10.1. The van der Waals surface area contributed by atoms with Crippen molar-refractivity contribution in [3.05, 3.63) is 127 Å². The molecule has 0 aliphatic carbocycles. The Hall–Kier alpha value is -5.38. The van der Waals surface area contributed by atoms with Crippen molar-refractivity contribution < 1.29 is 0 Å². The van der Waals surface area contributed by atoms with Crippen molar-refractivity contribution in [1.29, 1.82) is 0 Å². The van der Waals surface area contributed by atoms with Gasteiger partial charge in [-0.15, -0.1) is 11.3 Å². The van der Waals surface area contributed by atoms with Crippen LogP contribution in [0, 0.1) is 6.57 Å². The van der Waals surface area contributed by atoms with Gasteiger partial charge in [0.25, 0.3) is 0 Å². The molecular weight excluding hydrogens is 510 g/mol. The van der Waals surface area contributed by atoms with E-state index in [0.717, 1.165) is 27.5 Å². The lowest BCUT2D eigenvalue weighted by Crippen LogP contribution is -2.06. The Kier molecular flexibility index (Phi) is 4.99. The molecule has 3 aromatic heterocycles. The zero-order chi connectivity index (χ0) is 26.6. The highest BCUT2D eigenvalue weighted by molar-refractivity contribution is 7.25. The molecule has 5 aromatic carbocycles. The molecule has 0 amide bonds. The van der Waals surface area contributed by atoms with Crippen LogP contribution in [0.4, 0.5) is 5.69 Å². The van der Waals surface area contributed by atoms with Crippen LogP contribution in [-0.2, 0) is 0 Å².